The SMILES string of the molecule is O=C(NCc1ncn[nH]1)c1ccno1. The molecule has 0 aromatic carbocycles. The van der Waals surface area contributed by atoms with E-state index in [1.165, 1.54) is 18.6 Å². The van der Waals surface area contributed by atoms with E-state index < -0.39 is 0 Å². The number of hydrogen-bond acceptors (Lipinski definition) is 5. The third-order valence-electron chi connectivity index (χ3n) is 1.54. The summed E-state index contributed by atoms with van der Waals surface area (Å²) >= 11 is 0. The zero-order valence-corrected chi connectivity index (χ0v) is 7.10. The van der Waals surface area contributed by atoms with Crippen molar-refractivity contribution in [1.82, 2.24) is 25.7 Å². The molecule has 2 aromatic heterocycles. The average Bonchev–Trinajstić information content (AvgIpc) is 2.87. The highest BCUT2D eigenvalue weighted by Gasteiger charge is 2.09. The fourth-order valence-corrected chi connectivity index (χ4v) is 0.900. The first-order valence-electron chi connectivity index (χ1n) is 3.89. The Morgan fingerprint density at radius 1 is 1.64 bits per heavy atom. The third kappa shape index (κ3) is 1.76. The monoisotopic (exact) mass is 193 g/mol. The molecular formula is C7H7N5O2. The summed E-state index contributed by atoms with van der Waals surface area (Å²) in [6.45, 7) is 0.277. The molecule has 0 radical (unpaired) electrons. The third-order valence-corrected chi connectivity index (χ3v) is 1.54. The number of carbonyl (C=O) groups excluding carboxylic acids is 1. The molecule has 1 amide bonds. The van der Waals surface area contributed by atoms with Gasteiger partial charge in [-0.2, -0.15) is 5.10 Å². The Hall–Kier alpha value is -2.18. The normalized spacial score (nSPS) is 10.0. The predicted molar refractivity (Wildman–Crippen MR) is 44.1 cm³/mol. The van der Waals surface area contributed by atoms with E-state index in [-0.39, 0.29) is 18.2 Å². The first-order chi connectivity index (χ1) is 6.86. The molecule has 0 saturated carbocycles. The molecule has 0 fully saturated rings. The van der Waals surface area contributed by atoms with E-state index in [0.717, 1.165) is 0 Å². The van der Waals surface area contributed by atoms with Crippen molar-refractivity contribution in [3.8, 4) is 0 Å². The summed E-state index contributed by atoms with van der Waals surface area (Å²) in [5, 5.41) is 12.3. The van der Waals surface area contributed by atoms with Crippen LogP contribution in [0.1, 0.15) is 16.4 Å². The Kier molecular flexibility index (Phi) is 2.22. The molecule has 0 atom stereocenters. The summed E-state index contributed by atoms with van der Waals surface area (Å²) in [6, 6.07) is 1.48. The summed E-state index contributed by atoms with van der Waals surface area (Å²) in [6.07, 6.45) is 2.78. The van der Waals surface area contributed by atoms with Gasteiger partial charge in [0.1, 0.15) is 12.2 Å². The number of H-pyrrole nitrogens is 1. The Balaban J connectivity index is 1.90. The van der Waals surface area contributed by atoms with Crippen molar-refractivity contribution in [1.29, 1.82) is 0 Å². The van der Waals surface area contributed by atoms with Gasteiger partial charge in [-0.25, -0.2) is 4.98 Å². The van der Waals surface area contributed by atoms with Crippen LogP contribution in [0.5, 0.6) is 0 Å². The van der Waals surface area contributed by atoms with Gasteiger partial charge in [0.2, 0.25) is 5.76 Å². The molecule has 0 saturated heterocycles. The molecule has 0 bridgehead atoms. The molecule has 2 heterocycles. The van der Waals surface area contributed by atoms with Crippen LogP contribution in [-0.2, 0) is 6.54 Å². The van der Waals surface area contributed by atoms with Gasteiger partial charge in [-0.1, -0.05) is 5.16 Å². The lowest BCUT2D eigenvalue weighted by Crippen LogP contribution is -2.22. The maximum absolute atomic E-state index is 11.3. The zero-order chi connectivity index (χ0) is 9.80. The number of nitrogens with zero attached hydrogens (tertiary/aromatic N) is 3. The lowest BCUT2D eigenvalue weighted by atomic mass is 10.4. The number of aromatic nitrogens is 4. The Morgan fingerprint density at radius 3 is 3.21 bits per heavy atom. The van der Waals surface area contributed by atoms with E-state index in [9.17, 15) is 4.79 Å². The number of amides is 1. The highest BCUT2D eigenvalue weighted by molar-refractivity contribution is 5.91. The Labute approximate surface area is 78.5 Å². The highest BCUT2D eigenvalue weighted by Crippen LogP contribution is 1.96. The predicted octanol–water partition coefficient (Wildman–Crippen LogP) is -0.277. The van der Waals surface area contributed by atoms with Crippen LogP contribution in [0.2, 0.25) is 0 Å². The topological polar surface area (TPSA) is 96.7 Å². The van der Waals surface area contributed by atoms with Crippen LogP contribution < -0.4 is 5.32 Å². The molecule has 0 aliphatic heterocycles. The van der Waals surface area contributed by atoms with Crippen molar-refractivity contribution < 1.29 is 9.32 Å². The second-order valence-electron chi connectivity index (χ2n) is 2.49. The minimum absolute atomic E-state index is 0.171. The fourth-order valence-electron chi connectivity index (χ4n) is 0.900. The van der Waals surface area contributed by atoms with E-state index in [2.05, 4.69) is 30.2 Å². The number of aromatic amines is 1. The molecule has 0 aliphatic rings. The maximum atomic E-state index is 11.3. The number of nitrogens with one attached hydrogen (secondary N) is 2. The van der Waals surface area contributed by atoms with Gasteiger partial charge in [-0.05, 0) is 0 Å². The van der Waals surface area contributed by atoms with Crippen molar-refractivity contribution in [2.45, 2.75) is 6.54 Å². The van der Waals surface area contributed by atoms with Crippen molar-refractivity contribution in [2.24, 2.45) is 0 Å². The minimum atomic E-state index is -0.334. The van der Waals surface area contributed by atoms with E-state index in [4.69, 9.17) is 0 Å². The van der Waals surface area contributed by atoms with Crippen LogP contribution in [0.15, 0.2) is 23.1 Å². The molecule has 72 valence electrons. The molecule has 7 heteroatoms. The second kappa shape index (κ2) is 3.69. The summed E-state index contributed by atoms with van der Waals surface area (Å²) in [5.41, 5.74) is 0. The molecule has 14 heavy (non-hydrogen) atoms. The van der Waals surface area contributed by atoms with Gasteiger partial charge in [0.05, 0.1) is 12.7 Å². The summed E-state index contributed by atoms with van der Waals surface area (Å²) in [4.78, 5) is 15.1. The average molecular weight is 193 g/mol. The minimum Gasteiger partial charge on any atom is -0.351 e. The first kappa shape index (κ1) is 8.42. The molecular weight excluding hydrogens is 186 g/mol. The van der Waals surface area contributed by atoms with Gasteiger partial charge in [-0.15, -0.1) is 0 Å². The van der Waals surface area contributed by atoms with Crippen molar-refractivity contribution >= 4 is 5.91 Å². The quantitative estimate of drug-likeness (QED) is 0.698. The second-order valence-corrected chi connectivity index (χ2v) is 2.49. The van der Waals surface area contributed by atoms with E-state index >= 15 is 0 Å². The van der Waals surface area contributed by atoms with Crippen LogP contribution in [0.3, 0.4) is 0 Å². The van der Waals surface area contributed by atoms with E-state index in [1.54, 1.807) is 0 Å². The Morgan fingerprint density at radius 2 is 2.57 bits per heavy atom. The lowest BCUT2D eigenvalue weighted by molar-refractivity contribution is 0.0913. The molecule has 2 aromatic rings. The van der Waals surface area contributed by atoms with E-state index in [1.807, 2.05) is 0 Å². The summed E-state index contributed by atoms with van der Waals surface area (Å²) in [5.74, 6) is 0.418. The van der Waals surface area contributed by atoms with Crippen LogP contribution in [0.25, 0.3) is 0 Å². The van der Waals surface area contributed by atoms with Crippen LogP contribution >= 0.6 is 0 Å². The first-order valence-corrected chi connectivity index (χ1v) is 3.89. The molecule has 2 rings (SSSR count). The van der Waals surface area contributed by atoms with Crippen LogP contribution in [0.4, 0.5) is 0 Å². The molecule has 7 nitrogen and oxygen atoms in total. The molecule has 0 aliphatic carbocycles. The van der Waals surface area contributed by atoms with Gasteiger partial charge in [0, 0.05) is 6.07 Å². The lowest BCUT2D eigenvalue weighted by Gasteiger charge is -1.97. The summed E-state index contributed by atoms with van der Waals surface area (Å²) < 4.78 is 4.66. The van der Waals surface area contributed by atoms with Gasteiger partial charge in [-0.3, -0.25) is 9.89 Å². The van der Waals surface area contributed by atoms with Crippen molar-refractivity contribution in [2.75, 3.05) is 0 Å². The number of rotatable bonds is 3. The fraction of sp³-hybridized carbons (Fsp3) is 0.143. The standard InChI is InChI=1S/C7H7N5O2/c13-7(5-1-2-11-14-5)8-3-6-9-4-10-12-6/h1-2,4H,3H2,(H,8,13)(H,9,10,12). The van der Waals surface area contributed by atoms with Crippen LogP contribution in [-0.4, -0.2) is 26.2 Å². The molecule has 0 spiro atoms. The smallest absolute Gasteiger partial charge is 0.290 e. The van der Waals surface area contributed by atoms with Gasteiger partial charge >= 0.3 is 0 Å². The van der Waals surface area contributed by atoms with Gasteiger partial charge in [0.25, 0.3) is 5.91 Å². The highest BCUT2D eigenvalue weighted by atomic mass is 16.5. The van der Waals surface area contributed by atoms with Gasteiger partial charge < -0.3 is 9.84 Å². The summed E-state index contributed by atoms with van der Waals surface area (Å²) in [7, 11) is 0. The maximum Gasteiger partial charge on any atom is 0.290 e. The van der Waals surface area contributed by atoms with Crippen molar-refractivity contribution in [3.63, 3.8) is 0 Å². The van der Waals surface area contributed by atoms with Gasteiger partial charge in [0.15, 0.2) is 0 Å². The van der Waals surface area contributed by atoms with Crippen LogP contribution in [0, 0.1) is 0 Å². The Bertz CT molecular complexity index is 394. The van der Waals surface area contributed by atoms with Crippen molar-refractivity contribution in [3.05, 3.63) is 30.2 Å². The molecule has 0 unspecified atom stereocenters. The molecule has 2 N–H and O–H groups in total. The van der Waals surface area contributed by atoms with E-state index in [0.29, 0.717) is 5.82 Å². The number of hydrogen-bond donors (Lipinski definition) is 2. The number of carbonyl (C=O) groups is 1. The largest absolute Gasteiger partial charge is 0.351 e. The zero-order valence-electron chi connectivity index (χ0n) is 7.10.